The zero-order valence-corrected chi connectivity index (χ0v) is 11.6. The third kappa shape index (κ3) is 5.02. The van der Waals surface area contributed by atoms with E-state index >= 15 is 0 Å². The van der Waals surface area contributed by atoms with E-state index in [0.29, 0.717) is 0 Å². The van der Waals surface area contributed by atoms with E-state index in [2.05, 4.69) is 54.9 Å². The van der Waals surface area contributed by atoms with Gasteiger partial charge < -0.3 is 10.2 Å². The molecule has 1 aromatic heterocycles. The Hall–Kier alpha value is -1.32. The van der Waals surface area contributed by atoms with Gasteiger partial charge in [-0.2, -0.15) is 0 Å². The monoisotopic (exact) mass is 236 g/mol. The summed E-state index contributed by atoms with van der Waals surface area (Å²) in [4.78, 5) is 10.9. The maximum atomic E-state index is 4.55. The molecule has 0 aliphatic carbocycles. The van der Waals surface area contributed by atoms with E-state index in [1.165, 1.54) is 0 Å². The Morgan fingerprint density at radius 3 is 2.59 bits per heavy atom. The predicted molar refractivity (Wildman–Crippen MR) is 73.5 cm³/mol. The molecule has 0 spiro atoms. The van der Waals surface area contributed by atoms with Crippen LogP contribution in [0.25, 0.3) is 0 Å². The molecule has 96 valence electrons. The number of nitrogens with zero attached hydrogens (tertiary/aromatic N) is 3. The van der Waals surface area contributed by atoms with Gasteiger partial charge in [-0.25, -0.2) is 4.98 Å². The van der Waals surface area contributed by atoms with Gasteiger partial charge >= 0.3 is 0 Å². The van der Waals surface area contributed by atoms with E-state index < -0.39 is 0 Å². The minimum absolute atomic E-state index is 0.253. The molecule has 0 atom stereocenters. The normalized spacial score (nSPS) is 11.4. The summed E-state index contributed by atoms with van der Waals surface area (Å²) in [7, 11) is 2.05. The average molecular weight is 236 g/mol. The molecule has 1 N–H and O–H groups in total. The Kier molecular flexibility index (Phi) is 4.73. The Labute approximate surface area is 104 Å². The van der Waals surface area contributed by atoms with Crippen molar-refractivity contribution in [3.05, 3.63) is 12.4 Å². The van der Waals surface area contributed by atoms with Crippen LogP contribution >= 0.6 is 0 Å². The second-order valence-corrected chi connectivity index (χ2v) is 5.61. The number of anilines is 2. The first kappa shape index (κ1) is 13.7. The number of rotatable bonds is 5. The fourth-order valence-corrected chi connectivity index (χ4v) is 1.67. The maximum Gasteiger partial charge on any atom is 0.149 e. The lowest BCUT2D eigenvalue weighted by molar-refractivity contribution is 0.417. The molecule has 17 heavy (non-hydrogen) atoms. The van der Waals surface area contributed by atoms with E-state index in [-0.39, 0.29) is 5.41 Å². The first-order valence-electron chi connectivity index (χ1n) is 6.19. The van der Waals surface area contributed by atoms with E-state index in [1.54, 1.807) is 6.20 Å². The highest BCUT2D eigenvalue weighted by Gasteiger charge is 2.15. The van der Waals surface area contributed by atoms with Crippen LogP contribution in [0, 0.1) is 5.41 Å². The molecule has 4 heteroatoms. The minimum atomic E-state index is 0.253. The quantitative estimate of drug-likeness (QED) is 0.853. The molecule has 0 aliphatic rings. The highest BCUT2D eigenvalue weighted by atomic mass is 15.2. The molecule has 1 heterocycles. The van der Waals surface area contributed by atoms with Crippen molar-refractivity contribution in [2.75, 3.05) is 30.4 Å². The molecule has 4 nitrogen and oxygen atoms in total. The van der Waals surface area contributed by atoms with Crippen molar-refractivity contribution >= 4 is 11.6 Å². The zero-order chi connectivity index (χ0) is 12.9. The van der Waals surface area contributed by atoms with Crippen LogP contribution in [-0.4, -0.2) is 30.1 Å². The van der Waals surface area contributed by atoms with Gasteiger partial charge in [0.1, 0.15) is 11.6 Å². The maximum absolute atomic E-state index is 4.55. The second kappa shape index (κ2) is 5.84. The molecule has 1 aromatic rings. The van der Waals surface area contributed by atoms with Gasteiger partial charge in [0.2, 0.25) is 0 Å². The SMILES string of the molecule is CCCNc1cncc(N(C)CC(C)(C)C)n1. The third-order valence-corrected chi connectivity index (χ3v) is 2.28. The Morgan fingerprint density at radius 2 is 2.00 bits per heavy atom. The molecule has 0 aromatic carbocycles. The van der Waals surface area contributed by atoms with Gasteiger partial charge in [0.25, 0.3) is 0 Å². The van der Waals surface area contributed by atoms with Crippen LogP contribution in [-0.2, 0) is 0 Å². The van der Waals surface area contributed by atoms with Crippen LogP contribution < -0.4 is 10.2 Å². The average Bonchev–Trinajstić information content (AvgIpc) is 2.24. The smallest absolute Gasteiger partial charge is 0.149 e. The lowest BCUT2D eigenvalue weighted by atomic mass is 9.96. The van der Waals surface area contributed by atoms with Crippen molar-refractivity contribution in [1.82, 2.24) is 9.97 Å². The molecule has 0 saturated carbocycles. The van der Waals surface area contributed by atoms with Crippen LogP contribution in [0.4, 0.5) is 11.6 Å². The van der Waals surface area contributed by atoms with Crippen LogP contribution in [0.3, 0.4) is 0 Å². The van der Waals surface area contributed by atoms with Crippen molar-refractivity contribution in [2.24, 2.45) is 5.41 Å². The fourth-order valence-electron chi connectivity index (χ4n) is 1.67. The van der Waals surface area contributed by atoms with Crippen molar-refractivity contribution in [3.8, 4) is 0 Å². The summed E-state index contributed by atoms with van der Waals surface area (Å²) in [6.07, 6.45) is 4.66. The second-order valence-electron chi connectivity index (χ2n) is 5.61. The molecule has 0 bridgehead atoms. The largest absolute Gasteiger partial charge is 0.369 e. The highest BCUT2D eigenvalue weighted by molar-refractivity contribution is 5.43. The van der Waals surface area contributed by atoms with Gasteiger partial charge in [0, 0.05) is 20.1 Å². The van der Waals surface area contributed by atoms with Crippen LogP contribution in [0.15, 0.2) is 12.4 Å². The van der Waals surface area contributed by atoms with E-state index in [1.807, 2.05) is 6.20 Å². The van der Waals surface area contributed by atoms with E-state index in [9.17, 15) is 0 Å². The summed E-state index contributed by atoms with van der Waals surface area (Å²) in [5, 5.41) is 3.25. The molecule has 0 saturated heterocycles. The Balaban J connectivity index is 2.70. The molecule has 0 amide bonds. The van der Waals surface area contributed by atoms with Gasteiger partial charge in [-0.1, -0.05) is 27.7 Å². The number of nitrogens with one attached hydrogen (secondary N) is 1. The predicted octanol–water partition coefficient (Wildman–Crippen LogP) is 2.78. The number of hydrogen-bond donors (Lipinski definition) is 1. The molecular weight excluding hydrogens is 212 g/mol. The summed E-state index contributed by atoms with van der Waals surface area (Å²) in [5.74, 6) is 1.77. The van der Waals surface area contributed by atoms with Gasteiger partial charge in [0.05, 0.1) is 12.4 Å². The third-order valence-electron chi connectivity index (χ3n) is 2.28. The summed E-state index contributed by atoms with van der Waals surface area (Å²) in [5.41, 5.74) is 0.253. The van der Waals surface area contributed by atoms with Gasteiger partial charge in [-0.05, 0) is 11.8 Å². The van der Waals surface area contributed by atoms with Crippen LogP contribution in [0.1, 0.15) is 34.1 Å². The van der Waals surface area contributed by atoms with E-state index in [4.69, 9.17) is 0 Å². The van der Waals surface area contributed by atoms with Gasteiger partial charge in [-0.15, -0.1) is 0 Å². The van der Waals surface area contributed by atoms with Crippen molar-refractivity contribution in [2.45, 2.75) is 34.1 Å². The lowest BCUT2D eigenvalue weighted by Crippen LogP contribution is -2.29. The molecule has 0 aliphatic heterocycles. The Morgan fingerprint density at radius 1 is 1.29 bits per heavy atom. The molecule has 0 unspecified atom stereocenters. The standard InChI is InChI=1S/C13H24N4/c1-6-7-15-11-8-14-9-12(16-11)17(5)10-13(2,3)4/h8-9H,6-7,10H2,1-5H3,(H,15,16). The molecule has 0 fully saturated rings. The van der Waals surface area contributed by atoms with Crippen molar-refractivity contribution < 1.29 is 0 Å². The minimum Gasteiger partial charge on any atom is -0.369 e. The van der Waals surface area contributed by atoms with Gasteiger partial charge in [-0.3, -0.25) is 4.98 Å². The molecule has 1 rings (SSSR count). The summed E-state index contributed by atoms with van der Waals surface area (Å²) >= 11 is 0. The van der Waals surface area contributed by atoms with Crippen molar-refractivity contribution in [1.29, 1.82) is 0 Å². The first-order valence-corrected chi connectivity index (χ1v) is 6.19. The lowest BCUT2D eigenvalue weighted by Gasteiger charge is -2.27. The topological polar surface area (TPSA) is 41.1 Å². The molecule has 0 radical (unpaired) electrons. The molecular formula is C13H24N4. The summed E-state index contributed by atoms with van der Waals surface area (Å²) in [6.45, 7) is 10.7. The van der Waals surface area contributed by atoms with Crippen LogP contribution in [0.2, 0.25) is 0 Å². The number of aromatic nitrogens is 2. The Bertz CT molecular complexity index is 344. The van der Waals surface area contributed by atoms with Crippen molar-refractivity contribution in [3.63, 3.8) is 0 Å². The van der Waals surface area contributed by atoms with E-state index in [0.717, 1.165) is 31.1 Å². The highest BCUT2D eigenvalue weighted by Crippen LogP contribution is 2.18. The summed E-state index contributed by atoms with van der Waals surface area (Å²) in [6, 6.07) is 0. The first-order chi connectivity index (χ1) is 7.92. The number of hydrogen-bond acceptors (Lipinski definition) is 4. The fraction of sp³-hybridized carbons (Fsp3) is 0.692. The van der Waals surface area contributed by atoms with Crippen LogP contribution in [0.5, 0.6) is 0 Å². The van der Waals surface area contributed by atoms with Gasteiger partial charge in [0.15, 0.2) is 0 Å². The summed E-state index contributed by atoms with van der Waals surface area (Å²) < 4.78 is 0. The zero-order valence-electron chi connectivity index (χ0n) is 11.6.